The molecule has 1 N–H and O–H groups in total. The van der Waals surface area contributed by atoms with E-state index in [1.54, 1.807) is 0 Å². The predicted octanol–water partition coefficient (Wildman–Crippen LogP) is 3.69. The Kier molecular flexibility index (Phi) is 4.15. The molecule has 1 amide bonds. The van der Waals surface area contributed by atoms with Gasteiger partial charge in [0.15, 0.2) is 0 Å². The van der Waals surface area contributed by atoms with E-state index in [2.05, 4.69) is 23.3 Å². The van der Waals surface area contributed by atoms with Crippen molar-refractivity contribution >= 4 is 17.2 Å². The normalized spacial score (nSPS) is 10.9. The van der Waals surface area contributed by atoms with Crippen LogP contribution in [-0.4, -0.2) is 15.3 Å². The Balaban J connectivity index is 1.80. The van der Waals surface area contributed by atoms with E-state index in [0.29, 0.717) is 0 Å². The molecule has 0 saturated heterocycles. The first kappa shape index (κ1) is 15.3. The van der Waals surface area contributed by atoms with E-state index >= 15 is 0 Å². The van der Waals surface area contributed by atoms with Crippen LogP contribution in [0.15, 0.2) is 42.7 Å². The van der Waals surface area contributed by atoms with Crippen molar-refractivity contribution in [2.75, 3.05) is 5.32 Å². The van der Waals surface area contributed by atoms with E-state index in [0.717, 1.165) is 40.1 Å². The average molecular weight is 307 g/mol. The molecule has 1 aromatic carbocycles. The van der Waals surface area contributed by atoms with Crippen molar-refractivity contribution < 1.29 is 4.79 Å². The molecule has 0 aliphatic rings. The summed E-state index contributed by atoms with van der Waals surface area (Å²) >= 11 is 0. The van der Waals surface area contributed by atoms with Crippen molar-refractivity contribution in [3.05, 3.63) is 65.1 Å². The average Bonchev–Trinajstić information content (AvgIpc) is 2.93. The Labute approximate surface area is 136 Å². The number of para-hydroxylation sites is 1. The summed E-state index contributed by atoms with van der Waals surface area (Å²) in [5.74, 6) is -0.0324. The lowest BCUT2D eigenvalue weighted by Crippen LogP contribution is -2.16. The van der Waals surface area contributed by atoms with Crippen LogP contribution in [0.1, 0.15) is 29.3 Å². The molecule has 2 aromatic heterocycles. The lowest BCUT2D eigenvalue weighted by atomic mass is 10.1. The molecule has 0 aliphatic heterocycles. The molecule has 118 valence electrons. The monoisotopic (exact) mass is 307 g/mol. The number of hydrogen-bond acceptors (Lipinski definition) is 2. The fourth-order valence-electron chi connectivity index (χ4n) is 2.84. The summed E-state index contributed by atoms with van der Waals surface area (Å²) in [5.41, 5.74) is 5.96. The van der Waals surface area contributed by atoms with Gasteiger partial charge in [-0.1, -0.05) is 31.2 Å². The number of carbonyl (C=O) groups excluding carboxylic acids is 1. The Bertz CT molecular complexity index is 864. The smallest absolute Gasteiger partial charge is 0.230 e. The number of rotatable bonds is 4. The third-order valence-electron chi connectivity index (χ3n) is 4.07. The number of pyridine rings is 1. The number of imidazole rings is 1. The summed E-state index contributed by atoms with van der Waals surface area (Å²) in [6.07, 6.45) is 5.04. The lowest BCUT2D eigenvalue weighted by molar-refractivity contribution is -0.115. The number of amides is 1. The predicted molar refractivity (Wildman–Crippen MR) is 92.8 cm³/mol. The van der Waals surface area contributed by atoms with Gasteiger partial charge in [-0.05, 0) is 43.0 Å². The highest BCUT2D eigenvalue weighted by Crippen LogP contribution is 2.21. The second-order valence-electron chi connectivity index (χ2n) is 5.84. The van der Waals surface area contributed by atoms with Crippen LogP contribution in [0.4, 0.5) is 5.69 Å². The first-order valence-corrected chi connectivity index (χ1v) is 7.90. The van der Waals surface area contributed by atoms with Crippen LogP contribution in [0.2, 0.25) is 0 Å². The van der Waals surface area contributed by atoms with E-state index in [1.807, 2.05) is 54.9 Å². The molecule has 4 nitrogen and oxygen atoms in total. The summed E-state index contributed by atoms with van der Waals surface area (Å²) < 4.78 is 1.96. The molecule has 0 radical (unpaired) electrons. The van der Waals surface area contributed by atoms with Crippen molar-refractivity contribution in [2.24, 2.45) is 0 Å². The van der Waals surface area contributed by atoms with Gasteiger partial charge in [0.05, 0.1) is 12.1 Å². The molecule has 3 aromatic rings. The molecule has 4 heteroatoms. The molecule has 0 unspecified atom stereocenters. The molecular formula is C19H21N3O. The van der Waals surface area contributed by atoms with E-state index in [-0.39, 0.29) is 12.3 Å². The summed E-state index contributed by atoms with van der Waals surface area (Å²) in [6, 6.07) is 10.1. The van der Waals surface area contributed by atoms with E-state index in [4.69, 9.17) is 0 Å². The molecule has 0 aliphatic carbocycles. The second-order valence-corrected chi connectivity index (χ2v) is 5.84. The summed E-state index contributed by atoms with van der Waals surface area (Å²) in [5, 5.41) is 3.05. The van der Waals surface area contributed by atoms with E-state index in [9.17, 15) is 4.79 Å². The van der Waals surface area contributed by atoms with Crippen molar-refractivity contribution in [3.63, 3.8) is 0 Å². The summed E-state index contributed by atoms with van der Waals surface area (Å²) in [6.45, 7) is 6.13. The van der Waals surface area contributed by atoms with E-state index < -0.39 is 0 Å². The van der Waals surface area contributed by atoms with Gasteiger partial charge in [0, 0.05) is 18.1 Å². The molecule has 2 heterocycles. The molecule has 23 heavy (non-hydrogen) atoms. The first-order chi connectivity index (χ1) is 11.1. The molecule has 0 bridgehead atoms. The van der Waals surface area contributed by atoms with Gasteiger partial charge in [0.2, 0.25) is 5.91 Å². The van der Waals surface area contributed by atoms with Crippen LogP contribution in [0.25, 0.3) is 5.65 Å². The zero-order chi connectivity index (χ0) is 16.4. The number of anilines is 1. The maximum absolute atomic E-state index is 12.4. The van der Waals surface area contributed by atoms with Gasteiger partial charge in [0.25, 0.3) is 0 Å². The Morgan fingerprint density at radius 1 is 1.17 bits per heavy atom. The number of hydrogen-bond donors (Lipinski definition) is 1. The fourth-order valence-corrected chi connectivity index (χ4v) is 2.84. The maximum atomic E-state index is 12.4. The number of carbonyl (C=O) groups is 1. The van der Waals surface area contributed by atoms with Crippen LogP contribution >= 0.6 is 0 Å². The Morgan fingerprint density at radius 3 is 2.70 bits per heavy atom. The first-order valence-electron chi connectivity index (χ1n) is 7.90. The van der Waals surface area contributed by atoms with Crippen LogP contribution in [-0.2, 0) is 17.6 Å². The van der Waals surface area contributed by atoms with Gasteiger partial charge in [-0.15, -0.1) is 0 Å². The summed E-state index contributed by atoms with van der Waals surface area (Å²) in [7, 11) is 0. The molecule has 0 spiro atoms. The molecule has 0 fully saturated rings. The van der Waals surface area contributed by atoms with Crippen molar-refractivity contribution in [1.82, 2.24) is 9.38 Å². The molecule has 0 atom stereocenters. The third kappa shape index (κ3) is 3.11. The number of fused-ring (bicyclic) bond motifs is 1. The number of nitrogens with one attached hydrogen (secondary N) is 1. The quantitative estimate of drug-likeness (QED) is 0.799. The van der Waals surface area contributed by atoms with Crippen LogP contribution in [0, 0.1) is 13.8 Å². The molecule has 0 saturated carbocycles. The number of benzene rings is 1. The van der Waals surface area contributed by atoms with Gasteiger partial charge in [-0.3, -0.25) is 4.79 Å². The van der Waals surface area contributed by atoms with Crippen LogP contribution < -0.4 is 5.32 Å². The van der Waals surface area contributed by atoms with Gasteiger partial charge in [-0.2, -0.15) is 0 Å². The largest absolute Gasteiger partial charge is 0.325 e. The standard InChI is InChI=1S/C19H21N3O/c1-4-15-9-5-7-13(2)18(15)21-17(23)11-16-12-22-10-6-8-14(3)19(22)20-16/h5-10,12H,4,11H2,1-3H3,(H,21,23). The number of aromatic nitrogens is 2. The van der Waals surface area contributed by atoms with Crippen LogP contribution in [0.3, 0.4) is 0 Å². The van der Waals surface area contributed by atoms with Gasteiger partial charge < -0.3 is 9.72 Å². The topological polar surface area (TPSA) is 46.4 Å². The minimum atomic E-state index is -0.0324. The highest BCUT2D eigenvalue weighted by molar-refractivity contribution is 5.93. The minimum Gasteiger partial charge on any atom is -0.325 e. The lowest BCUT2D eigenvalue weighted by Gasteiger charge is -2.12. The number of nitrogens with zero attached hydrogens (tertiary/aromatic N) is 2. The molecule has 3 rings (SSSR count). The van der Waals surface area contributed by atoms with Gasteiger partial charge >= 0.3 is 0 Å². The SMILES string of the molecule is CCc1cccc(C)c1NC(=O)Cc1cn2cccc(C)c2n1. The minimum absolute atomic E-state index is 0.0324. The molecular weight excluding hydrogens is 286 g/mol. The van der Waals surface area contributed by atoms with Crippen molar-refractivity contribution in [3.8, 4) is 0 Å². The zero-order valence-corrected chi connectivity index (χ0v) is 13.8. The highest BCUT2D eigenvalue weighted by Gasteiger charge is 2.12. The Morgan fingerprint density at radius 2 is 1.96 bits per heavy atom. The fraction of sp³-hybridized carbons (Fsp3) is 0.263. The van der Waals surface area contributed by atoms with Gasteiger partial charge in [0.1, 0.15) is 5.65 Å². The van der Waals surface area contributed by atoms with Crippen LogP contribution in [0.5, 0.6) is 0 Å². The van der Waals surface area contributed by atoms with Gasteiger partial charge in [-0.25, -0.2) is 4.98 Å². The zero-order valence-electron chi connectivity index (χ0n) is 13.8. The Hall–Kier alpha value is -2.62. The highest BCUT2D eigenvalue weighted by atomic mass is 16.1. The maximum Gasteiger partial charge on any atom is 0.230 e. The third-order valence-corrected chi connectivity index (χ3v) is 4.07. The number of aryl methyl sites for hydroxylation is 3. The van der Waals surface area contributed by atoms with E-state index in [1.165, 1.54) is 0 Å². The van der Waals surface area contributed by atoms with Crippen molar-refractivity contribution in [2.45, 2.75) is 33.6 Å². The summed E-state index contributed by atoms with van der Waals surface area (Å²) in [4.78, 5) is 17.0. The van der Waals surface area contributed by atoms with Crippen molar-refractivity contribution in [1.29, 1.82) is 0 Å². The second kappa shape index (κ2) is 6.24.